The molecule has 32 heavy (non-hydrogen) atoms. The summed E-state index contributed by atoms with van der Waals surface area (Å²) >= 11 is 0. The fourth-order valence-electron chi connectivity index (χ4n) is 3.76. The number of esters is 1. The Kier molecular flexibility index (Phi) is 7.61. The topological polar surface area (TPSA) is 91.0 Å². The van der Waals surface area contributed by atoms with E-state index in [-0.39, 0.29) is 11.8 Å². The van der Waals surface area contributed by atoms with Crippen molar-refractivity contribution in [1.29, 1.82) is 0 Å². The zero-order chi connectivity index (χ0) is 23.3. The molecular weight excluding hydrogens is 408 g/mol. The van der Waals surface area contributed by atoms with Gasteiger partial charge in [-0.15, -0.1) is 0 Å². The number of benzene rings is 2. The van der Waals surface area contributed by atoms with Gasteiger partial charge in [-0.3, -0.25) is 9.59 Å². The van der Waals surface area contributed by atoms with Gasteiger partial charge in [0.2, 0.25) is 11.8 Å². The number of ether oxygens (including phenoxy) is 1. The van der Waals surface area contributed by atoms with Gasteiger partial charge in [-0.05, 0) is 68.9 Å². The molecule has 0 spiro atoms. The van der Waals surface area contributed by atoms with Crippen LogP contribution >= 0.6 is 0 Å². The molecule has 1 heterocycles. The van der Waals surface area contributed by atoms with Crippen LogP contribution in [0.1, 0.15) is 34.5 Å². The fourth-order valence-corrected chi connectivity index (χ4v) is 3.76. The molecule has 2 aromatic carbocycles. The van der Waals surface area contributed by atoms with E-state index in [1.807, 2.05) is 37.2 Å². The van der Waals surface area contributed by atoms with E-state index in [2.05, 4.69) is 10.6 Å². The van der Waals surface area contributed by atoms with Crippen LogP contribution in [0, 0.1) is 0 Å². The minimum atomic E-state index is -0.541. The Morgan fingerprint density at radius 3 is 2.47 bits per heavy atom. The molecule has 0 aliphatic carbocycles. The van der Waals surface area contributed by atoms with Gasteiger partial charge in [0.05, 0.1) is 18.7 Å². The van der Waals surface area contributed by atoms with Crippen LogP contribution in [0.25, 0.3) is 0 Å². The van der Waals surface area contributed by atoms with Gasteiger partial charge < -0.3 is 25.2 Å². The first-order chi connectivity index (χ1) is 15.3. The van der Waals surface area contributed by atoms with Gasteiger partial charge in [-0.25, -0.2) is 4.79 Å². The van der Waals surface area contributed by atoms with E-state index >= 15 is 0 Å². The lowest BCUT2D eigenvalue weighted by atomic mass is 9.91. The zero-order valence-corrected chi connectivity index (χ0v) is 19.0. The number of carbonyl (C=O) groups is 3. The number of carbonyl (C=O) groups excluding carboxylic acids is 3. The molecular formula is C24H30N4O4. The van der Waals surface area contributed by atoms with Gasteiger partial charge in [-0.2, -0.15) is 0 Å². The minimum absolute atomic E-state index is 0.00961. The highest BCUT2D eigenvalue weighted by Gasteiger charge is 2.29. The maximum absolute atomic E-state index is 13.1. The first-order valence-electron chi connectivity index (χ1n) is 10.7. The Hall–Kier alpha value is -3.23. The van der Waals surface area contributed by atoms with Crippen molar-refractivity contribution < 1.29 is 19.1 Å². The SMILES string of the molecule is CCOC(=O)c1ccc(NC(=O)C2NCCc3c2cccc3N(C)C(=O)CN(C)C)cc1. The van der Waals surface area contributed by atoms with E-state index in [0.29, 0.717) is 30.9 Å². The van der Waals surface area contributed by atoms with Crippen LogP contribution in [0.4, 0.5) is 11.4 Å². The standard InChI is InChI=1S/C24H30N4O4/c1-5-32-24(31)16-9-11-17(12-10-16)26-23(30)22-19-7-6-8-20(18(19)13-14-25-22)28(4)21(29)15-27(2)3/h6-12,22,25H,5,13-15H2,1-4H3,(H,26,30). The number of amides is 2. The Labute approximate surface area is 188 Å². The molecule has 0 fully saturated rings. The van der Waals surface area contributed by atoms with Gasteiger partial charge in [-0.1, -0.05) is 12.1 Å². The van der Waals surface area contributed by atoms with E-state index in [1.165, 1.54) is 0 Å². The summed E-state index contributed by atoms with van der Waals surface area (Å²) in [6, 6.07) is 11.8. The van der Waals surface area contributed by atoms with Crippen molar-refractivity contribution in [1.82, 2.24) is 10.2 Å². The largest absolute Gasteiger partial charge is 0.462 e. The van der Waals surface area contributed by atoms with E-state index < -0.39 is 12.0 Å². The molecule has 1 aliphatic heterocycles. The molecule has 1 unspecified atom stereocenters. The van der Waals surface area contributed by atoms with Crippen LogP contribution in [-0.2, 0) is 20.7 Å². The van der Waals surface area contributed by atoms with Crippen molar-refractivity contribution in [2.24, 2.45) is 0 Å². The lowest BCUT2D eigenvalue weighted by Crippen LogP contribution is -2.40. The summed E-state index contributed by atoms with van der Waals surface area (Å²) in [5.41, 5.74) is 3.71. The molecule has 1 atom stereocenters. The first kappa shape index (κ1) is 23.4. The number of nitrogens with one attached hydrogen (secondary N) is 2. The highest BCUT2D eigenvalue weighted by Crippen LogP contribution is 2.31. The van der Waals surface area contributed by atoms with Crippen molar-refractivity contribution in [3.8, 4) is 0 Å². The molecule has 0 bridgehead atoms. The van der Waals surface area contributed by atoms with Gasteiger partial charge >= 0.3 is 5.97 Å². The number of anilines is 2. The number of hydrogen-bond acceptors (Lipinski definition) is 6. The molecule has 0 radical (unpaired) electrons. The smallest absolute Gasteiger partial charge is 0.338 e. The Bertz CT molecular complexity index is 988. The van der Waals surface area contributed by atoms with Crippen molar-refractivity contribution in [3.05, 3.63) is 59.2 Å². The third-order valence-corrected chi connectivity index (χ3v) is 5.33. The van der Waals surface area contributed by atoms with Crippen LogP contribution < -0.4 is 15.5 Å². The fraction of sp³-hybridized carbons (Fsp3) is 0.375. The van der Waals surface area contributed by atoms with Crippen molar-refractivity contribution in [3.63, 3.8) is 0 Å². The Balaban J connectivity index is 1.78. The molecule has 0 aromatic heterocycles. The maximum Gasteiger partial charge on any atom is 0.338 e. The normalized spacial score (nSPS) is 15.1. The van der Waals surface area contributed by atoms with Crippen LogP contribution in [0.3, 0.4) is 0 Å². The van der Waals surface area contributed by atoms with Crippen molar-refractivity contribution in [2.45, 2.75) is 19.4 Å². The lowest BCUT2D eigenvalue weighted by molar-refractivity contribution is -0.119. The summed E-state index contributed by atoms with van der Waals surface area (Å²) < 4.78 is 4.98. The first-order valence-corrected chi connectivity index (χ1v) is 10.7. The molecule has 8 heteroatoms. The average molecular weight is 439 g/mol. The summed E-state index contributed by atoms with van der Waals surface area (Å²) in [6.07, 6.45) is 0.725. The van der Waals surface area contributed by atoms with Crippen molar-refractivity contribution in [2.75, 3.05) is 51.1 Å². The van der Waals surface area contributed by atoms with Crippen LogP contribution in [0.5, 0.6) is 0 Å². The summed E-state index contributed by atoms with van der Waals surface area (Å²) in [5, 5.41) is 6.18. The summed E-state index contributed by atoms with van der Waals surface area (Å²) in [6.45, 7) is 2.99. The Morgan fingerprint density at radius 1 is 1.09 bits per heavy atom. The third kappa shape index (κ3) is 5.33. The predicted molar refractivity (Wildman–Crippen MR) is 124 cm³/mol. The number of likely N-dealkylation sites (N-methyl/N-ethyl adjacent to an activating group) is 2. The highest BCUT2D eigenvalue weighted by atomic mass is 16.5. The average Bonchev–Trinajstić information content (AvgIpc) is 2.78. The molecule has 0 saturated heterocycles. The molecule has 1 aliphatic rings. The van der Waals surface area contributed by atoms with Gasteiger partial charge in [0.25, 0.3) is 0 Å². The second kappa shape index (κ2) is 10.4. The van der Waals surface area contributed by atoms with Crippen LogP contribution in [0.2, 0.25) is 0 Å². The van der Waals surface area contributed by atoms with Crippen LogP contribution in [-0.4, -0.2) is 63.5 Å². The molecule has 0 saturated carbocycles. The molecule has 2 aromatic rings. The molecule has 170 valence electrons. The quantitative estimate of drug-likeness (QED) is 0.644. The summed E-state index contributed by atoms with van der Waals surface area (Å²) in [4.78, 5) is 40.9. The second-order valence-electron chi connectivity index (χ2n) is 7.96. The maximum atomic E-state index is 13.1. The third-order valence-electron chi connectivity index (χ3n) is 5.33. The number of nitrogens with zero attached hydrogens (tertiary/aromatic N) is 2. The Morgan fingerprint density at radius 2 is 1.81 bits per heavy atom. The van der Waals surface area contributed by atoms with E-state index in [0.717, 1.165) is 23.2 Å². The van der Waals surface area contributed by atoms with Gasteiger partial charge in [0.15, 0.2) is 0 Å². The summed E-state index contributed by atoms with van der Waals surface area (Å²) in [5.74, 6) is -0.604. The molecule has 8 nitrogen and oxygen atoms in total. The zero-order valence-electron chi connectivity index (χ0n) is 19.0. The number of hydrogen-bond donors (Lipinski definition) is 2. The minimum Gasteiger partial charge on any atom is -0.462 e. The number of rotatable bonds is 7. The predicted octanol–water partition coefficient (Wildman–Crippen LogP) is 2.21. The monoisotopic (exact) mass is 438 g/mol. The molecule has 3 rings (SSSR count). The summed E-state index contributed by atoms with van der Waals surface area (Å²) in [7, 11) is 5.48. The highest BCUT2D eigenvalue weighted by molar-refractivity contribution is 5.98. The molecule has 2 N–H and O–H groups in total. The lowest BCUT2D eigenvalue weighted by Gasteiger charge is -2.30. The van der Waals surface area contributed by atoms with Gasteiger partial charge in [0.1, 0.15) is 6.04 Å². The molecule has 2 amide bonds. The van der Waals surface area contributed by atoms with E-state index in [9.17, 15) is 14.4 Å². The van der Waals surface area contributed by atoms with Gasteiger partial charge in [0, 0.05) is 25.0 Å². The number of fused-ring (bicyclic) bond motifs is 1. The van der Waals surface area contributed by atoms with Crippen LogP contribution in [0.15, 0.2) is 42.5 Å². The van der Waals surface area contributed by atoms with E-state index in [4.69, 9.17) is 4.74 Å². The van der Waals surface area contributed by atoms with Crippen molar-refractivity contribution >= 4 is 29.2 Å². The second-order valence-corrected chi connectivity index (χ2v) is 7.96. The van der Waals surface area contributed by atoms with E-state index in [1.54, 1.807) is 43.1 Å².